The van der Waals surface area contributed by atoms with Crippen molar-refractivity contribution in [2.75, 3.05) is 25.5 Å². The van der Waals surface area contributed by atoms with Crippen molar-refractivity contribution in [1.29, 1.82) is 0 Å². The van der Waals surface area contributed by atoms with E-state index >= 15 is 0 Å². The number of aromatic nitrogens is 2. The Morgan fingerprint density at radius 2 is 2.16 bits per heavy atom. The number of aliphatic imine (C=N–C) groups is 1. The molecule has 0 spiro atoms. The highest BCUT2D eigenvalue weighted by Crippen LogP contribution is 2.31. The van der Waals surface area contributed by atoms with Gasteiger partial charge in [0.05, 0.1) is 16.9 Å². The molecule has 0 radical (unpaired) electrons. The molecule has 0 atom stereocenters. The lowest BCUT2D eigenvalue weighted by atomic mass is 10.0. The average Bonchev–Trinajstić information content (AvgIpc) is 2.96. The molecule has 0 bridgehead atoms. The zero-order valence-electron chi connectivity index (χ0n) is 14.0. The number of halogens is 1. The van der Waals surface area contributed by atoms with E-state index in [-0.39, 0.29) is 16.5 Å². The first-order valence-electron chi connectivity index (χ1n) is 7.86. The first-order chi connectivity index (χ1) is 12.0. The summed E-state index contributed by atoms with van der Waals surface area (Å²) < 4.78 is 1.74. The molecule has 0 aromatic carbocycles. The quantitative estimate of drug-likeness (QED) is 0.561. The van der Waals surface area contributed by atoms with Gasteiger partial charge in [-0.1, -0.05) is 17.7 Å². The van der Waals surface area contributed by atoms with Crippen LogP contribution in [0.5, 0.6) is 0 Å². The molecule has 25 heavy (non-hydrogen) atoms. The number of fused-ring (bicyclic) bond motifs is 1. The van der Waals surface area contributed by atoms with Crippen LogP contribution >= 0.6 is 11.6 Å². The van der Waals surface area contributed by atoms with Gasteiger partial charge in [-0.15, -0.1) is 5.10 Å². The van der Waals surface area contributed by atoms with Crippen molar-refractivity contribution in [3.05, 3.63) is 46.8 Å². The number of pyridine rings is 1. The number of ketones is 1. The molecule has 1 aliphatic rings. The van der Waals surface area contributed by atoms with Gasteiger partial charge in [0.15, 0.2) is 5.82 Å². The molecule has 3 rings (SSSR count). The van der Waals surface area contributed by atoms with Crippen molar-refractivity contribution in [2.45, 2.75) is 6.92 Å². The maximum atomic E-state index is 11.9. The summed E-state index contributed by atoms with van der Waals surface area (Å²) in [5, 5.41) is 10.9. The Balaban J connectivity index is 2.11. The van der Waals surface area contributed by atoms with Gasteiger partial charge in [0.25, 0.3) is 0 Å². The van der Waals surface area contributed by atoms with Crippen LogP contribution in [0.4, 0.5) is 11.5 Å². The smallest absolute Gasteiger partial charge is 0.202 e. The molecule has 0 saturated heterocycles. The Kier molecular flexibility index (Phi) is 4.87. The summed E-state index contributed by atoms with van der Waals surface area (Å²) in [6.45, 7) is 3.16. The van der Waals surface area contributed by atoms with Crippen LogP contribution in [0.2, 0.25) is 0 Å². The lowest BCUT2D eigenvalue weighted by Crippen LogP contribution is -2.21. The summed E-state index contributed by atoms with van der Waals surface area (Å²) in [5.74, 6) is 0.367. The molecule has 130 valence electrons. The number of hydrogen-bond donors (Lipinski definition) is 3. The number of likely N-dealkylation sites (N-methyl/N-ethyl adjacent to an activating group) is 1. The molecule has 0 amide bonds. The molecule has 2 heterocycles. The van der Waals surface area contributed by atoms with E-state index in [9.17, 15) is 4.79 Å². The normalized spacial score (nSPS) is 16.7. The highest BCUT2D eigenvalue weighted by molar-refractivity contribution is 6.49. The Morgan fingerprint density at radius 1 is 1.36 bits per heavy atom. The number of nitrogens with zero attached hydrogens (tertiary/aromatic N) is 3. The number of carbonyl (C=O) groups excluding carboxylic acids is 1. The number of nitrogens with two attached hydrogens (primary N) is 1. The maximum Gasteiger partial charge on any atom is 0.202 e. The van der Waals surface area contributed by atoms with Gasteiger partial charge in [0, 0.05) is 24.9 Å². The van der Waals surface area contributed by atoms with Gasteiger partial charge >= 0.3 is 0 Å². The van der Waals surface area contributed by atoms with Crippen molar-refractivity contribution in [3.8, 4) is 0 Å². The third-order valence-corrected chi connectivity index (χ3v) is 4.21. The number of hydrogen-bond acceptors (Lipinski definition) is 6. The van der Waals surface area contributed by atoms with Crippen LogP contribution in [0.3, 0.4) is 0 Å². The number of carbonyl (C=O) groups is 1. The molecule has 2 aromatic heterocycles. The third kappa shape index (κ3) is 3.29. The Bertz CT molecular complexity index is 924. The van der Waals surface area contributed by atoms with Crippen molar-refractivity contribution < 1.29 is 4.79 Å². The standard InChI is InChI=1S/C17H19ClN6O/c1-10-9-11(14(19)13(18)16(10)25)22-15-12-5-3-4-8-24(12)23-17(15)21-7-6-20-2/h3-5,8-9,20H,6-7,19H2,1-2H3,(H,21,23)/b22-11+. The van der Waals surface area contributed by atoms with E-state index < -0.39 is 0 Å². The SMILES string of the molecule is CNCCNc1nn2ccccc2c1/N=C1\C=C(C)C(=O)C(Cl)=C1N. The Labute approximate surface area is 150 Å². The second-order valence-corrected chi connectivity index (χ2v) is 6.02. The van der Waals surface area contributed by atoms with Crippen LogP contribution < -0.4 is 16.4 Å². The van der Waals surface area contributed by atoms with Crippen LogP contribution in [-0.2, 0) is 4.79 Å². The molecule has 2 aromatic rings. The molecule has 0 saturated carbocycles. The maximum absolute atomic E-state index is 11.9. The summed E-state index contributed by atoms with van der Waals surface area (Å²) in [6.07, 6.45) is 3.49. The summed E-state index contributed by atoms with van der Waals surface area (Å²) in [7, 11) is 1.88. The molecular formula is C17H19ClN6O. The van der Waals surface area contributed by atoms with Crippen LogP contribution in [0.1, 0.15) is 6.92 Å². The lowest BCUT2D eigenvalue weighted by Gasteiger charge is -2.12. The molecule has 7 nitrogen and oxygen atoms in total. The summed E-state index contributed by atoms with van der Waals surface area (Å²) in [4.78, 5) is 16.6. The summed E-state index contributed by atoms with van der Waals surface area (Å²) >= 11 is 6.05. The number of nitrogens with one attached hydrogen (secondary N) is 2. The van der Waals surface area contributed by atoms with Crippen molar-refractivity contribution in [2.24, 2.45) is 10.7 Å². The van der Waals surface area contributed by atoms with Crippen molar-refractivity contribution in [3.63, 3.8) is 0 Å². The molecule has 0 unspecified atom stereocenters. The molecule has 4 N–H and O–H groups in total. The van der Waals surface area contributed by atoms with Crippen molar-refractivity contribution in [1.82, 2.24) is 14.9 Å². The predicted molar refractivity (Wildman–Crippen MR) is 101 cm³/mol. The predicted octanol–water partition coefficient (Wildman–Crippen LogP) is 1.98. The minimum atomic E-state index is -0.273. The molecule has 8 heteroatoms. The third-order valence-electron chi connectivity index (χ3n) is 3.84. The van der Waals surface area contributed by atoms with Gasteiger partial charge in [-0.05, 0) is 32.2 Å². The first-order valence-corrected chi connectivity index (χ1v) is 8.24. The van der Waals surface area contributed by atoms with E-state index in [2.05, 4.69) is 20.7 Å². The van der Waals surface area contributed by atoms with E-state index in [1.807, 2.05) is 31.4 Å². The van der Waals surface area contributed by atoms with Gasteiger partial charge in [-0.2, -0.15) is 0 Å². The monoisotopic (exact) mass is 358 g/mol. The average molecular weight is 359 g/mol. The second kappa shape index (κ2) is 7.08. The number of allylic oxidation sites excluding steroid dienone is 3. The lowest BCUT2D eigenvalue weighted by molar-refractivity contribution is -0.111. The van der Waals surface area contributed by atoms with Gasteiger partial charge in [-0.3, -0.25) is 4.79 Å². The fourth-order valence-electron chi connectivity index (χ4n) is 2.49. The van der Waals surface area contributed by atoms with Crippen molar-refractivity contribution >= 4 is 40.1 Å². The highest BCUT2D eigenvalue weighted by atomic mass is 35.5. The van der Waals surface area contributed by atoms with E-state index in [1.54, 1.807) is 17.5 Å². The zero-order chi connectivity index (χ0) is 18.0. The minimum absolute atomic E-state index is 0.0000777. The number of Topliss-reactive ketones (excluding diaryl/α,β-unsaturated/α-hetero) is 1. The van der Waals surface area contributed by atoms with E-state index in [0.717, 1.165) is 12.1 Å². The molecule has 1 aliphatic carbocycles. The Hall–Kier alpha value is -2.64. The largest absolute Gasteiger partial charge is 0.396 e. The van der Waals surface area contributed by atoms with Crippen LogP contribution in [0.25, 0.3) is 5.52 Å². The number of rotatable bonds is 5. The fourth-order valence-corrected chi connectivity index (χ4v) is 2.74. The number of anilines is 1. The summed E-state index contributed by atoms with van der Waals surface area (Å²) in [5.41, 5.74) is 8.61. The molecule has 0 aliphatic heterocycles. The van der Waals surface area contributed by atoms with E-state index in [0.29, 0.717) is 29.3 Å². The Morgan fingerprint density at radius 3 is 2.92 bits per heavy atom. The van der Waals surface area contributed by atoms with Gasteiger partial charge < -0.3 is 16.4 Å². The van der Waals surface area contributed by atoms with E-state index in [1.165, 1.54) is 0 Å². The van der Waals surface area contributed by atoms with Crippen LogP contribution in [0, 0.1) is 0 Å². The molecular weight excluding hydrogens is 340 g/mol. The van der Waals surface area contributed by atoms with Gasteiger partial charge in [-0.25, -0.2) is 9.51 Å². The van der Waals surface area contributed by atoms with E-state index in [4.69, 9.17) is 17.3 Å². The first kappa shape index (κ1) is 17.2. The zero-order valence-corrected chi connectivity index (χ0v) is 14.8. The fraction of sp³-hybridized carbons (Fsp3) is 0.235. The highest BCUT2D eigenvalue weighted by Gasteiger charge is 2.23. The topological polar surface area (TPSA) is 96.8 Å². The van der Waals surface area contributed by atoms with Crippen LogP contribution in [0.15, 0.2) is 51.8 Å². The van der Waals surface area contributed by atoms with Gasteiger partial charge in [0.2, 0.25) is 5.78 Å². The molecule has 0 fully saturated rings. The van der Waals surface area contributed by atoms with Crippen LogP contribution in [-0.4, -0.2) is 41.2 Å². The minimum Gasteiger partial charge on any atom is -0.396 e. The summed E-state index contributed by atoms with van der Waals surface area (Å²) in [6, 6.07) is 5.72. The van der Waals surface area contributed by atoms with Gasteiger partial charge in [0.1, 0.15) is 10.7 Å². The second-order valence-electron chi connectivity index (χ2n) is 5.64.